The molecule has 5 heteroatoms. The molecule has 0 saturated heterocycles. The third kappa shape index (κ3) is 3.70. The van der Waals surface area contributed by atoms with E-state index >= 15 is 0 Å². The zero-order chi connectivity index (χ0) is 12.3. The fourth-order valence-corrected chi connectivity index (χ4v) is 2.57. The minimum Gasteiger partial charge on any atom is -0.399 e. The van der Waals surface area contributed by atoms with Crippen LogP contribution in [0.4, 0.5) is 4.39 Å². The van der Waals surface area contributed by atoms with Crippen LogP contribution in [0.25, 0.3) is 0 Å². The predicted octanol–water partition coefficient (Wildman–Crippen LogP) is 4.00. The molecule has 0 fully saturated rings. The lowest BCUT2D eigenvalue weighted by Gasteiger charge is -2.22. The van der Waals surface area contributed by atoms with Gasteiger partial charge in [0, 0.05) is 10.0 Å². The molecule has 0 amide bonds. The number of hydrogen-bond acceptors (Lipinski definition) is 2. The van der Waals surface area contributed by atoms with Gasteiger partial charge < -0.3 is 4.43 Å². The Morgan fingerprint density at radius 3 is 2.56 bits per heavy atom. The highest BCUT2D eigenvalue weighted by Gasteiger charge is 2.23. The number of nitriles is 1. The van der Waals surface area contributed by atoms with Crippen molar-refractivity contribution in [2.45, 2.75) is 25.7 Å². The molecule has 1 aromatic rings. The first kappa shape index (κ1) is 13.4. The molecule has 1 rings (SSSR count). The second-order valence-electron chi connectivity index (χ2n) is 4.41. The zero-order valence-corrected chi connectivity index (χ0v) is 12.0. The van der Waals surface area contributed by atoms with Gasteiger partial charge in [0.05, 0.1) is 6.07 Å². The van der Waals surface area contributed by atoms with E-state index in [2.05, 4.69) is 22.0 Å². The maximum atomic E-state index is 13.1. The molecule has 0 spiro atoms. The van der Waals surface area contributed by atoms with Gasteiger partial charge in [-0.2, -0.15) is 5.26 Å². The molecule has 0 aliphatic carbocycles. The summed E-state index contributed by atoms with van der Waals surface area (Å²) in [5.41, 5.74) is 0.546. The second kappa shape index (κ2) is 5.08. The van der Waals surface area contributed by atoms with Crippen LogP contribution in [0.1, 0.15) is 11.7 Å². The van der Waals surface area contributed by atoms with E-state index in [-0.39, 0.29) is 5.82 Å². The van der Waals surface area contributed by atoms with Gasteiger partial charge in [-0.1, -0.05) is 15.9 Å². The molecule has 0 aliphatic heterocycles. The number of halogens is 2. The molecular formula is C11H13BrFNOSi. The van der Waals surface area contributed by atoms with Crippen LogP contribution >= 0.6 is 15.9 Å². The van der Waals surface area contributed by atoms with Crippen LogP contribution in [-0.2, 0) is 4.43 Å². The predicted molar refractivity (Wildman–Crippen MR) is 66.9 cm³/mol. The minimum atomic E-state index is -1.83. The molecule has 2 nitrogen and oxygen atoms in total. The van der Waals surface area contributed by atoms with Crippen molar-refractivity contribution in [3.05, 3.63) is 34.1 Å². The Kier molecular flexibility index (Phi) is 4.25. The quantitative estimate of drug-likeness (QED) is 0.791. The molecule has 0 bridgehead atoms. The fraction of sp³-hybridized carbons (Fsp3) is 0.364. The standard InChI is InChI=1S/C11H13BrFNOSi/c1-16(2,3)15-11(7-14)9-6-8(13)4-5-10(9)12/h4-6,11H,1-3H3. The van der Waals surface area contributed by atoms with Crippen molar-refractivity contribution in [2.75, 3.05) is 0 Å². The van der Waals surface area contributed by atoms with Gasteiger partial charge in [0.25, 0.3) is 0 Å². The summed E-state index contributed by atoms with van der Waals surface area (Å²) in [6.07, 6.45) is -0.711. The fourth-order valence-electron chi connectivity index (χ4n) is 1.23. The number of hydrogen-bond donors (Lipinski definition) is 0. The molecule has 86 valence electrons. The summed E-state index contributed by atoms with van der Waals surface area (Å²) in [4.78, 5) is 0. The van der Waals surface area contributed by atoms with Crippen molar-refractivity contribution >= 4 is 24.2 Å². The highest BCUT2D eigenvalue weighted by Crippen LogP contribution is 2.28. The Labute approximate surface area is 104 Å². The molecule has 0 saturated carbocycles. The molecule has 0 heterocycles. The smallest absolute Gasteiger partial charge is 0.186 e. The maximum Gasteiger partial charge on any atom is 0.186 e. The van der Waals surface area contributed by atoms with E-state index in [4.69, 9.17) is 9.69 Å². The van der Waals surface area contributed by atoms with E-state index < -0.39 is 14.4 Å². The zero-order valence-electron chi connectivity index (χ0n) is 9.42. The molecule has 0 aromatic heterocycles. The van der Waals surface area contributed by atoms with Crippen LogP contribution in [-0.4, -0.2) is 8.32 Å². The number of benzene rings is 1. The van der Waals surface area contributed by atoms with Crippen LogP contribution in [0.3, 0.4) is 0 Å². The van der Waals surface area contributed by atoms with Crippen molar-refractivity contribution in [1.82, 2.24) is 0 Å². The molecule has 1 atom stereocenters. The highest BCUT2D eigenvalue weighted by atomic mass is 79.9. The summed E-state index contributed by atoms with van der Waals surface area (Å²) in [5, 5.41) is 9.06. The second-order valence-corrected chi connectivity index (χ2v) is 9.72. The lowest BCUT2D eigenvalue weighted by Crippen LogP contribution is -2.27. The topological polar surface area (TPSA) is 33.0 Å². The summed E-state index contributed by atoms with van der Waals surface area (Å²) in [5.74, 6) is -0.363. The molecule has 0 N–H and O–H groups in total. The van der Waals surface area contributed by atoms with E-state index in [0.29, 0.717) is 10.0 Å². The van der Waals surface area contributed by atoms with Crippen LogP contribution in [0.5, 0.6) is 0 Å². The van der Waals surface area contributed by atoms with Crippen LogP contribution in [0, 0.1) is 17.1 Å². The monoisotopic (exact) mass is 301 g/mol. The first-order chi connectivity index (χ1) is 7.33. The van der Waals surface area contributed by atoms with Crippen molar-refractivity contribution in [2.24, 2.45) is 0 Å². The maximum absolute atomic E-state index is 13.1. The summed E-state index contributed by atoms with van der Waals surface area (Å²) in [7, 11) is -1.83. The van der Waals surface area contributed by atoms with Gasteiger partial charge in [-0.15, -0.1) is 0 Å². The van der Waals surface area contributed by atoms with Crippen molar-refractivity contribution in [1.29, 1.82) is 5.26 Å². The van der Waals surface area contributed by atoms with Gasteiger partial charge in [0.2, 0.25) is 0 Å². The SMILES string of the molecule is C[Si](C)(C)OC(C#N)c1cc(F)ccc1Br. The van der Waals surface area contributed by atoms with E-state index in [9.17, 15) is 4.39 Å². The van der Waals surface area contributed by atoms with Crippen molar-refractivity contribution < 1.29 is 8.82 Å². The number of nitrogens with zero attached hydrogens (tertiary/aromatic N) is 1. The van der Waals surface area contributed by atoms with E-state index in [1.165, 1.54) is 12.1 Å². The van der Waals surface area contributed by atoms with E-state index in [1.807, 2.05) is 19.6 Å². The summed E-state index contributed by atoms with van der Waals surface area (Å²) in [6, 6.07) is 6.32. The summed E-state index contributed by atoms with van der Waals surface area (Å²) < 4.78 is 19.5. The van der Waals surface area contributed by atoms with Gasteiger partial charge in [0.15, 0.2) is 14.4 Å². The average molecular weight is 302 g/mol. The van der Waals surface area contributed by atoms with Crippen LogP contribution in [0.2, 0.25) is 19.6 Å². The lowest BCUT2D eigenvalue weighted by atomic mass is 10.1. The highest BCUT2D eigenvalue weighted by molar-refractivity contribution is 9.10. The molecule has 0 radical (unpaired) electrons. The Balaban J connectivity index is 3.05. The van der Waals surface area contributed by atoms with Gasteiger partial charge >= 0.3 is 0 Å². The first-order valence-electron chi connectivity index (χ1n) is 4.86. The van der Waals surface area contributed by atoms with Crippen LogP contribution < -0.4 is 0 Å². The minimum absolute atomic E-state index is 0.363. The molecular weight excluding hydrogens is 289 g/mol. The van der Waals surface area contributed by atoms with Crippen molar-refractivity contribution in [3.63, 3.8) is 0 Å². The van der Waals surface area contributed by atoms with Gasteiger partial charge in [-0.25, -0.2) is 4.39 Å². The first-order valence-corrected chi connectivity index (χ1v) is 9.06. The Morgan fingerprint density at radius 1 is 1.44 bits per heavy atom. The third-order valence-corrected chi connectivity index (χ3v) is 3.49. The summed E-state index contributed by atoms with van der Waals surface area (Å²) >= 11 is 3.30. The van der Waals surface area contributed by atoms with Gasteiger partial charge in [0.1, 0.15) is 5.82 Å². The molecule has 1 aromatic carbocycles. The van der Waals surface area contributed by atoms with E-state index in [0.717, 1.165) is 0 Å². The van der Waals surface area contributed by atoms with Crippen LogP contribution in [0.15, 0.2) is 22.7 Å². The normalized spacial score (nSPS) is 13.2. The third-order valence-electron chi connectivity index (χ3n) is 1.83. The Morgan fingerprint density at radius 2 is 2.06 bits per heavy atom. The Hall–Kier alpha value is -0.703. The van der Waals surface area contributed by atoms with E-state index in [1.54, 1.807) is 6.07 Å². The lowest BCUT2D eigenvalue weighted by molar-refractivity contribution is 0.253. The summed E-state index contributed by atoms with van der Waals surface area (Å²) in [6.45, 7) is 5.97. The average Bonchev–Trinajstić information content (AvgIpc) is 2.17. The van der Waals surface area contributed by atoms with Gasteiger partial charge in [-0.05, 0) is 37.8 Å². The van der Waals surface area contributed by atoms with Gasteiger partial charge in [-0.3, -0.25) is 0 Å². The Bertz CT molecular complexity index is 425. The molecule has 1 unspecified atom stereocenters. The molecule has 0 aliphatic rings. The molecule has 16 heavy (non-hydrogen) atoms. The number of rotatable bonds is 3. The van der Waals surface area contributed by atoms with Crippen molar-refractivity contribution in [3.8, 4) is 6.07 Å². The largest absolute Gasteiger partial charge is 0.399 e.